The average Bonchev–Trinajstić information content (AvgIpc) is 2.65. The molecule has 0 unspecified atom stereocenters. The van der Waals surface area contributed by atoms with Crippen LogP contribution in [0, 0.1) is 5.82 Å². The molecular formula is C20H18ClF4N3O3. The van der Waals surface area contributed by atoms with E-state index in [-0.39, 0.29) is 27.7 Å². The Morgan fingerprint density at radius 3 is 2.45 bits per heavy atom. The van der Waals surface area contributed by atoms with Gasteiger partial charge in [-0.15, -0.1) is 0 Å². The van der Waals surface area contributed by atoms with Crippen LogP contribution in [0.25, 0.3) is 11.3 Å². The Morgan fingerprint density at radius 1 is 1.29 bits per heavy atom. The minimum Gasteiger partial charge on any atom is -0.483 e. The molecule has 0 aliphatic carbocycles. The Hall–Kier alpha value is -3.27. The van der Waals surface area contributed by atoms with Crippen LogP contribution >= 0.6 is 11.6 Å². The maximum Gasteiger partial charge on any atom is 0.422 e. The van der Waals surface area contributed by atoms with E-state index < -0.39 is 41.4 Å². The largest absolute Gasteiger partial charge is 0.483 e. The minimum absolute atomic E-state index is 0.0731. The maximum absolute atomic E-state index is 14.8. The summed E-state index contributed by atoms with van der Waals surface area (Å²) < 4.78 is 57.6. The quantitative estimate of drug-likeness (QED) is 0.444. The molecule has 1 amide bonds. The van der Waals surface area contributed by atoms with Gasteiger partial charge < -0.3 is 20.8 Å². The summed E-state index contributed by atoms with van der Waals surface area (Å²) in [6.07, 6.45) is -4.71. The number of H-pyrrole nitrogens is 1. The van der Waals surface area contributed by atoms with Gasteiger partial charge >= 0.3 is 6.18 Å². The lowest BCUT2D eigenvalue weighted by molar-refractivity contribution is -0.153. The van der Waals surface area contributed by atoms with E-state index in [0.717, 1.165) is 6.07 Å². The number of nitrogens with two attached hydrogens (primary N) is 1. The van der Waals surface area contributed by atoms with Gasteiger partial charge in [0.15, 0.2) is 6.61 Å². The van der Waals surface area contributed by atoms with Crippen LogP contribution in [0.3, 0.4) is 0 Å². The number of amides is 1. The molecule has 0 radical (unpaired) electrons. The highest BCUT2D eigenvalue weighted by atomic mass is 35.5. The summed E-state index contributed by atoms with van der Waals surface area (Å²) in [6, 6.07) is 4.04. The van der Waals surface area contributed by atoms with E-state index in [1.165, 1.54) is 19.1 Å². The van der Waals surface area contributed by atoms with Crippen LogP contribution in [-0.4, -0.2) is 23.7 Å². The van der Waals surface area contributed by atoms with Gasteiger partial charge in [-0.05, 0) is 43.7 Å². The molecule has 0 aliphatic rings. The Morgan fingerprint density at radius 2 is 1.94 bits per heavy atom. The first-order valence-corrected chi connectivity index (χ1v) is 9.04. The van der Waals surface area contributed by atoms with Gasteiger partial charge in [0.25, 0.3) is 11.5 Å². The number of aromatic amines is 1. The van der Waals surface area contributed by atoms with Gasteiger partial charge in [0.1, 0.15) is 16.6 Å². The number of ether oxygens (including phenoxy) is 1. The van der Waals surface area contributed by atoms with Gasteiger partial charge in [-0.25, -0.2) is 4.39 Å². The molecule has 1 aromatic carbocycles. The van der Waals surface area contributed by atoms with Crippen molar-refractivity contribution in [3.63, 3.8) is 0 Å². The van der Waals surface area contributed by atoms with E-state index in [4.69, 9.17) is 22.1 Å². The number of halogens is 5. The molecule has 1 heterocycles. The zero-order valence-corrected chi connectivity index (χ0v) is 17.2. The molecule has 31 heavy (non-hydrogen) atoms. The van der Waals surface area contributed by atoms with Crippen molar-refractivity contribution >= 4 is 17.5 Å². The van der Waals surface area contributed by atoms with E-state index >= 15 is 0 Å². The lowest BCUT2D eigenvalue weighted by atomic mass is 10.0. The Balaban J connectivity index is 2.59. The molecule has 166 valence electrons. The van der Waals surface area contributed by atoms with Crippen LogP contribution in [-0.2, 0) is 0 Å². The van der Waals surface area contributed by atoms with Crippen molar-refractivity contribution in [2.75, 3.05) is 6.61 Å². The van der Waals surface area contributed by atoms with E-state index in [0.29, 0.717) is 11.6 Å². The van der Waals surface area contributed by atoms with Crippen LogP contribution in [0.4, 0.5) is 17.6 Å². The summed E-state index contributed by atoms with van der Waals surface area (Å²) >= 11 is 5.64. The zero-order valence-electron chi connectivity index (χ0n) is 16.4. The topological polar surface area (TPSA) is 97.2 Å². The monoisotopic (exact) mass is 459 g/mol. The number of hydrogen-bond acceptors (Lipinski definition) is 4. The second-order valence-corrected chi connectivity index (χ2v) is 6.98. The Kier molecular flexibility index (Phi) is 7.17. The number of alkyl halides is 3. The summed E-state index contributed by atoms with van der Waals surface area (Å²) in [6.45, 7) is 4.95. The molecule has 6 nitrogen and oxygen atoms in total. The molecule has 2 rings (SSSR count). The second kappa shape index (κ2) is 9.25. The van der Waals surface area contributed by atoms with Crippen molar-refractivity contribution in [3.05, 3.63) is 74.6 Å². The predicted octanol–water partition coefficient (Wildman–Crippen LogP) is 4.27. The van der Waals surface area contributed by atoms with Crippen molar-refractivity contribution in [2.24, 2.45) is 5.73 Å². The number of rotatable bonds is 6. The molecule has 2 aromatic rings. The minimum atomic E-state index is -4.71. The third-order valence-corrected chi connectivity index (χ3v) is 4.21. The van der Waals surface area contributed by atoms with E-state index in [1.807, 2.05) is 0 Å². The fraction of sp³-hybridized carbons (Fsp3) is 0.200. The van der Waals surface area contributed by atoms with E-state index in [1.54, 1.807) is 6.92 Å². The molecule has 1 aromatic heterocycles. The number of carbonyl (C=O) groups is 1. The Labute approximate surface area is 179 Å². The van der Waals surface area contributed by atoms with Crippen LogP contribution in [0.5, 0.6) is 5.75 Å². The zero-order chi connectivity index (χ0) is 23.5. The van der Waals surface area contributed by atoms with Crippen molar-refractivity contribution in [1.82, 2.24) is 10.3 Å². The third-order valence-electron chi connectivity index (χ3n) is 3.92. The predicted molar refractivity (Wildman–Crippen MR) is 108 cm³/mol. The van der Waals surface area contributed by atoms with Gasteiger partial charge in [0.05, 0.1) is 17.0 Å². The molecule has 0 fully saturated rings. The van der Waals surface area contributed by atoms with E-state index in [2.05, 4.69) is 16.9 Å². The number of hydrogen-bond donors (Lipinski definition) is 3. The number of allylic oxidation sites excluding steroid dienone is 2. The number of aromatic nitrogens is 1. The van der Waals surface area contributed by atoms with Gasteiger partial charge in [-0.2, -0.15) is 13.2 Å². The van der Waals surface area contributed by atoms with Crippen LogP contribution in [0.15, 0.2) is 52.6 Å². The molecule has 0 saturated carbocycles. The Bertz CT molecular complexity index is 1120. The van der Waals surface area contributed by atoms with Gasteiger partial charge in [-0.3, -0.25) is 9.59 Å². The summed E-state index contributed by atoms with van der Waals surface area (Å²) in [5, 5.41) is 2.22. The average molecular weight is 460 g/mol. The molecule has 0 saturated heterocycles. The first kappa shape index (κ1) is 24.0. The van der Waals surface area contributed by atoms with Crippen molar-refractivity contribution < 1.29 is 27.1 Å². The fourth-order valence-corrected chi connectivity index (χ4v) is 2.66. The summed E-state index contributed by atoms with van der Waals surface area (Å²) in [7, 11) is 0. The lowest BCUT2D eigenvalue weighted by Crippen LogP contribution is -2.27. The lowest BCUT2D eigenvalue weighted by Gasteiger charge is -2.17. The smallest absolute Gasteiger partial charge is 0.422 e. The van der Waals surface area contributed by atoms with Crippen LogP contribution in [0.1, 0.15) is 24.2 Å². The normalized spacial score (nSPS) is 12.2. The summed E-state index contributed by atoms with van der Waals surface area (Å²) in [5.41, 5.74) is 4.77. The highest BCUT2D eigenvalue weighted by Gasteiger charge is 2.30. The number of pyridine rings is 1. The molecule has 0 atom stereocenters. The second-order valence-electron chi connectivity index (χ2n) is 6.57. The molecule has 11 heteroatoms. The van der Waals surface area contributed by atoms with E-state index in [9.17, 15) is 27.2 Å². The van der Waals surface area contributed by atoms with Crippen LogP contribution in [0.2, 0.25) is 5.02 Å². The first-order chi connectivity index (χ1) is 14.3. The number of benzene rings is 1. The van der Waals surface area contributed by atoms with Crippen molar-refractivity contribution in [2.45, 2.75) is 20.0 Å². The summed E-state index contributed by atoms with van der Waals surface area (Å²) in [4.78, 5) is 26.7. The van der Waals surface area contributed by atoms with Crippen LogP contribution < -0.4 is 21.3 Å². The highest BCUT2D eigenvalue weighted by molar-refractivity contribution is 6.30. The van der Waals surface area contributed by atoms with Gasteiger partial charge in [-0.1, -0.05) is 18.2 Å². The molecule has 0 spiro atoms. The van der Waals surface area contributed by atoms with Crippen molar-refractivity contribution in [1.29, 1.82) is 0 Å². The van der Waals surface area contributed by atoms with Gasteiger partial charge in [0, 0.05) is 11.3 Å². The molecule has 4 N–H and O–H groups in total. The fourth-order valence-electron chi connectivity index (χ4n) is 2.55. The number of nitrogens with one attached hydrogen (secondary N) is 2. The SMILES string of the molecule is C=C(C)/C(NC(=O)c1cc(F)c(-c2ccc(Cl)c(=O)[nH]2)cc1OCC(F)(F)F)=C(/C)N. The molecule has 0 bridgehead atoms. The molecule has 0 aliphatic heterocycles. The maximum atomic E-state index is 14.8. The third kappa shape index (κ3) is 6.11. The first-order valence-electron chi connectivity index (χ1n) is 8.66. The van der Waals surface area contributed by atoms with Gasteiger partial charge in [0.2, 0.25) is 0 Å². The molecular weight excluding hydrogens is 442 g/mol. The standard InChI is InChI=1S/C20H18ClF4N3O3/c1-9(2)17(10(3)26)28-18(29)12-6-14(22)11(7-16(12)31-8-20(23,24)25)15-5-4-13(21)19(30)27-15/h4-7H,1,8,26H2,2-3H3,(H,27,30)(H,28,29)/b17-10+. The summed E-state index contributed by atoms with van der Waals surface area (Å²) in [5.74, 6) is -2.51. The highest BCUT2D eigenvalue weighted by Crippen LogP contribution is 2.31. The van der Waals surface area contributed by atoms with Crippen molar-refractivity contribution in [3.8, 4) is 17.0 Å². The number of carbonyl (C=O) groups excluding carboxylic acids is 1.